The van der Waals surface area contributed by atoms with Crippen molar-refractivity contribution in [2.75, 3.05) is 13.1 Å². The molecule has 0 aromatic heterocycles. The third kappa shape index (κ3) is 2.70. The molecule has 6 heteroatoms. The van der Waals surface area contributed by atoms with E-state index in [9.17, 15) is 13.6 Å². The Morgan fingerprint density at radius 3 is 2.56 bits per heavy atom. The average Bonchev–Trinajstić information content (AvgIpc) is 2.27. The Hall–Kier alpha value is -1.01. The van der Waals surface area contributed by atoms with Crippen LogP contribution in [0.3, 0.4) is 0 Å². The molecule has 1 atom stereocenters. The van der Waals surface area contributed by atoms with Crippen molar-refractivity contribution in [2.24, 2.45) is 5.73 Å². The van der Waals surface area contributed by atoms with Gasteiger partial charge in [-0.15, -0.1) is 0 Å². The quantitative estimate of drug-likeness (QED) is 0.863. The number of carbonyl (C=O) groups is 1. The van der Waals surface area contributed by atoms with Crippen LogP contribution in [0, 0.1) is 11.6 Å². The van der Waals surface area contributed by atoms with Gasteiger partial charge in [-0.25, -0.2) is 8.78 Å². The summed E-state index contributed by atoms with van der Waals surface area (Å²) < 4.78 is 27.6. The summed E-state index contributed by atoms with van der Waals surface area (Å²) in [5, 5.41) is 0. The summed E-state index contributed by atoms with van der Waals surface area (Å²) >= 11 is 2.98. The largest absolute Gasteiger partial charge is 0.337 e. The molecule has 0 saturated carbocycles. The van der Waals surface area contributed by atoms with E-state index in [0.29, 0.717) is 13.1 Å². The highest BCUT2D eigenvalue weighted by atomic mass is 79.9. The third-order valence-corrected chi connectivity index (χ3v) is 3.42. The first-order valence-electron chi connectivity index (χ1n) is 5.68. The summed E-state index contributed by atoms with van der Waals surface area (Å²) in [5.41, 5.74) is 5.25. The molecule has 1 aliphatic rings. The van der Waals surface area contributed by atoms with Crippen molar-refractivity contribution < 1.29 is 13.6 Å². The SMILES string of the molecule is N[C@@H]1CCCN(C(=O)c2c(F)cc(Br)cc2F)C1. The van der Waals surface area contributed by atoms with Gasteiger partial charge in [-0.1, -0.05) is 15.9 Å². The number of hydrogen-bond donors (Lipinski definition) is 1. The van der Waals surface area contributed by atoms with Crippen LogP contribution in [-0.2, 0) is 0 Å². The molecule has 1 heterocycles. The van der Waals surface area contributed by atoms with Crippen LogP contribution in [-0.4, -0.2) is 29.9 Å². The molecule has 0 bridgehead atoms. The monoisotopic (exact) mass is 318 g/mol. The molecule has 2 rings (SSSR count). The van der Waals surface area contributed by atoms with Crippen molar-refractivity contribution in [1.29, 1.82) is 0 Å². The highest BCUT2D eigenvalue weighted by Crippen LogP contribution is 2.22. The van der Waals surface area contributed by atoms with Gasteiger partial charge in [0.2, 0.25) is 0 Å². The van der Waals surface area contributed by atoms with E-state index < -0.39 is 23.1 Å². The number of carbonyl (C=O) groups excluding carboxylic acids is 1. The fourth-order valence-corrected chi connectivity index (χ4v) is 2.50. The number of benzene rings is 1. The lowest BCUT2D eigenvalue weighted by Gasteiger charge is -2.31. The molecule has 1 aliphatic heterocycles. The minimum absolute atomic E-state index is 0.121. The summed E-state index contributed by atoms with van der Waals surface area (Å²) in [7, 11) is 0. The zero-order valence-electron chi connectivity index (χ0n) is 9.63. The second-order valence-electron chi connectivity index (χ2n) is 4.40. The Kier molecular flexibility index (Phi) is 3.97. The van der Waals surface area contributed by atoms with E-state index >= 15 is 0 Å². The summed E-state index contributed by atoms with van der Waals surface area (Å²) in [6, 6.07) is 2.05. The third-order valence-electron chi connectivity index (χ3n) is 2.97. The number of piperidine rings is 1. The zero-order chi connectivity index (χ0) is 13.3. The Morgan fingerprint density at radius 2 is 2.00 bits per heavy atom. The lowest BCUT2D eigenvalue weighted by Crippen LogP contribution is -2.46. The predicted octanol–water partition coefficient (Wildman–Crippen LogP) is 2.29. The van der Waals surface area contributed by atoms with E-state index in [1.54, 1.807) is 0 Å². The van der Waals surface area contributed by atoms with Crippen LogP contribution >= 0.6 is 15.9 Å². The molecule has 0 aliphatic carbocycles. The first-order valence-corrected chi connectivity index (χ1v) is 6.47. The van der Waals surface area contributed by atoms with Gasteiger partial charge in [-0.2, -0.15) is 0 Å². The Bertz CT molecular complexity index is 458. The van der Waals surface area contributed by atoms with Crippen molar-refractivity contribution in [1.82, 2.24) is 4.90 Å². The summed E-state index contributed by atoms with van der Waals surface area (Å²) in [4.78, 5) is 13.5. The zero-order valence-corrected chi connectivity index (χ0v) is 11.2. The van der Waals surface area contributed by atoms with E-state index in [1.165, 1.54) is 4.90 Å². The van der Waals surface area contributed by atoms with Crippen molar-refractivity contribution in [3.8, 4) is 0 Å². The van der Waals surface area contributed by atoms with E-state index in [2.05, 4.69) is 15.9 Å². The number of hydrogen-bond acceptors (Lipinski definition) is 2. The molecular weight excluding hydrogens is 306 g/mol. The molecule has 1 aromatic rings. The van der Waals surface area contributed by atoms with Crippen molar-refractivity contribution in [3.63, 3.8) is 0 Å². The van der Waals surface area contributed by atoms with Gasteiger partial charge in [0.1, 0.15) is 17.2 Å². The maximum atomic E-state index is 13.7. The van der Waals surface area contributed by atoms with Crippen molar-refractivity contribution in [2.45, 2.75) is 18.9 Å². The maximum Gasteiger partial charge on any atom is 0.259 e. The highest BCUT2D eigenvalue weighted by molar-refractivity contribution is 9.10. The molecule has 18 heavy (non-hydrogen) atoms. The molecule has 1 saturated heterocycles. The van der Waals surface area contributed by atoms with Gasteiger partial charge in [-0.3, -0.25) is 4.79 Å². The molecule has 0 radical (unpaired) electrons. The van der Waals surface area contributed by atoms with E-state index in [1.807, 2.05) is 0 Å². The van der Waals surface area contributed by atoms with E-state index in [-0.39, 0.29) is 10.5 Å². The minimum Gasteiger partial charge on any atom is -0.337 e. The molecular formula is C12H13BrF2N2O. The van der Waals surface area contributed by atoms with Gasteiger partial charge in [0.05, 0.1) is 0 Å². The van der Waals surface area contributed by atoms with Crippen LogP contribution in [0.15, 0.2) is 16.6 Å². The standard InChI is InChI=1S/C12H13BrF2N2O/c13-7-4-9(14)11(10(15)5-7)12(18)17-3-1-2-8(16)6-17/h4-5,8H,1-3,6,16H2/t8-/m1/s1. The van der Waals surface area contributed by atoms with Gasteiger partial charge >= 0.3 is 0 Å². The first-order chi connectivity index (χ1) is 8.49. The van der Waals surface area contributed by atoms with E-state index in [0.717, 1.165) is 25.0 Å². The number of likely N-dealkylation sites (tertiary alicyclic amines) is 1. The number of amides is 1. The normalized spacial score (nSPS) is 20.0. The van der Waals surface area contributed by atoms with Crippen molar-refractivity contribution in [3.05, 3.63) is 33.8 Å². The lowest BCUT2D eigenvalue weighted by atomic mass is 10.0. The van der Waals surface area contributed by atoms with Gasteiger partial charge in [0.25, 0.3) is 5.91 Å². The number of halogens is 3. The second-order valence-corrected chi connectivity index (χ2v) is 5.31. The van der Waals surface area contributed by atoms with Gasteiger partial charge in [0.15, 0.2) is 0 Å². The summed E-state index contributed by atoms with van der Waals surface area (Å²) in [5.74, 6) is -2.34. The number of nitrogens with two attached hydrogens (primary N) is 1. The first kappa shape index (κ1) is 13.4. The van der Waals surface area contributed by atoms with Crippen LogP contribution in [0.1, 0.15) is 23.2 Å². The summed E-state index contributed by atoms with van der Waals surface area (Å²) in [6.45, 7) is 0.829. The average molecular weight is 319 g/mol. The second kappa shape index (κ2) is 5.32. The van der Waals surface area contributed by atoms with Gasteiger partial charge in [0, 0.05) is 23.6 Å². The van der Waals surface area contributed by atoms with Crippen LogP contribution in [0.25, 0.3) is 0 Å². The highest BCUT2D eigenvalue weighted by Gasteiger charge is 2.27. The number of nitrogens with zero attached hydrogens (tertiary/aromatic N) is 1. The maximum absolute atomic E-state index is 13.7. The Balaban J connectivity index is 2.28. The predicted molar refractivity (Wildman–Crippen MR) is 67.2 cm³/mol. The van der Waals surface area contributed by atoms with E-state index in [4.69, 9.17) is 5.73 Å². The Labute approximate surface area is 112 Å². The number of rotatable bonds is 1. The topological polar surface area (TPSA) is 46.3 Å². The fourth-order valence-electron chi connectivity index (χ4n) is 2.10. The minimum atomic E-state index is -0.856. The van der Waals surface area contributed by atoms with Crippen LogP contribution in [0.2, 0.25) is 0 Å². The molecule has 1 amide bonds. The molecule has 98 valence electrons. The molecule has 2 N–H and O–H groups in total. The molecule has 1 aromatic carbocycles. The molecule has 0 unspecified atom stereocenters. The van der Waals surface area contributed by atoms with Crippen LogP contribution in [0.4, 0.5) is 8.78 Å². The molecule has 0 spiro atoms. The van der Waals surface area contributed by atoms with Crippen molar-refractivity contribution >= 4 is 21.8 Å². The summed E-state index contributed by atoms with van der Waals surface area (Å²) in [6.07, 6.45) is 1.59. The Morgan fingerprint density at radius 1 is 1.39 bits per heavy atom. The van der Waals surface area contributed by atoms with Gasteiger partial charge in [-0.05, 0) is 25.0 Å². The molecule has 3 nitrogen and oxygen atoms in total. The smallest absolute Gasteiger partial charge is 0.259 e. The molecule has 1 fully saturated rings. The van der Waals surface area contributed by atoms with Crippen LogP contribution in [0.5, 0.6) is 0 Å². The lowest BCUT2D eigenvalue weighted by molar-refractivity contribution is 0.0699. The fraction of sp³-hybridized carbons (Fsp3) is 0.417. The van der Waals surface area contributed by atoms with Crippen LogP contribution < -0.4 is 5.73 Å². The van der Waals surface area contributed by atoms with Gasteiger partial charge < -0.3 is 10.6 Å².